The van der Waals surface area contributed by atoms with Gasteiger partial charge in [-0.1, -0.05) is 25.7 Å². The van der Waals surface area contributed by atoms with Crippen LogP contribution in [0, 0.1) is 5.92 Å². The second-order valence-electron chi connectivity index (χ2n) is 8.82. The summed E-state index contributed by atoms with van der Waals surface area (Å²) in [6, 6.07) is 0.283. The summed E-state index contributed by atoms with van der Waals surface area (Å²) < 4.78 is 7.85. The molecule has 2 fully saturated rings. The van der Waals surface area contributed by atoms with Crippen molar-refractivity contribution in [3.63, 3.8) is 0 Å². The third-order valence-corrected chi connectivity index (χ3v) is 6.78. The van der Waals surface area contributed by atoms with E-state index in [0.717, 1.165) is 64.4 Å². The van der Waals surface area contributed by atoms with Crippen molar-refractivity contribution in [2.45, 2.75) is 90.4 Å². The molecule has 0 spiro atoms. The Morgan fingerprint density at radius 1 is 1.25 bits per heavy atom. The lowest BCUT2D eigenvalue weighted by atomic mass is 10.0. The van der Waals surface area contributed by atoms with E-state index in [0.29, 0.717) is 13.0 Å². The lowest BCUT2D eigenvalue weighted by molar-refractivity contribution is -0.122. The first kappa shape index (κ1) is 19.9. The van der Waals surface area contributed by atoms with Crippen molar-refractivity contribution < 1.29 is 9.53 Å². The molecule has 156 valence electrons. The standard InChI is InChI=1S/C22H36N4O2/c1-2-26-21-11-13-28-16-19(21)20(24-26)15-25-12-5-8-18(14-25)23-22(27)10-9-17-6-3-4-7-17/h17-18H,2-16H2,1H3,(H,23,27). The van der Waals surface area contributed by atoms with E-state index in [9.17, 15) is 4.79 Å². The maximum absolute atomic E-state index is 12.4. The Morgan fingerprint density at radius 2 is 2.11 bits per heavy atom. The molecular formula is C22H36N4O2. The molecule has 1 unspecified atom stereocenters. The minimum atomic E-state index is 0.250. The van der Waals surface area contributed by atoms with Gasteiger partial charge in [-0.15, -0.1) is 0 Å². The quantitative estimate of drug-likeness (QED) is 0.780. The largest absolute Gasteiger partial charge is 0.376 e. The average molecular weight is 389 g/mol. The fourth-order valence-electron chi connectivity index (χ4n) is 5.23. The van der Waals surface area contributed by atoms with Gasteiger partial charge in [0.1, 0.15) is 0 Å². The van der Waals surface area contributed by atoms with Gasteiger partial charge in [-0.25, -0.2) is 0 Å². The van der Waals surface area contributed by atoms with Crippen molar-refractivity contribution in [3.8, 4) is 0 Å². The SMILES string of the molecule is CCn1nc(CN2CCCC(NC(=O)CCC3CCCC3)C2)c2c1CCOC2. The topological polar surface area (TPSA) is 59.4 Å². The summed E-state index contributed by atoms with van der Waals surface area (Å²) in [5.74, 6) is 1.04. The summed E-state index contributed by atoms with van der Waals surface area (Å²) in [4.78, 5) is 14.9. The van der Waals surface area contributed by atoms with Crippen LogP contribution in [0.3, 0.4) is 0 Å². The highest BCUT2D eigenvalue weighted by molar-refractivity contribution is 5.76. The van der Waals surface area contributed by atoms with Gasteiger partial charge in [0.2, 0.25) is 5.91 Å². The number of carbonyl (C=O) groups is 1. The first-order valence-electron chi connectivity index (χ1n) is 11.4. The van der Waals surface area contributed by atoms with Crippen molar-refractivity contribution in [3.05, 3.63) is 17.0 Å². The third kappa shape index (κ3) is 4.77. The molecule has 1 amide bonds. The zero-order valence-corrected chi connectivity index (χ0v) is 17.4. The van der Waals surface area contributed by atoms with Crippen LogP contribution < -0.4 is 5.32 Å². The highest BCUT2D eigenvalue weighted by Crippen LogP contribution is 2.28. The second kappa shape index (κ2) is 9.40. The summed E-state index contributed by atoms with van der Waals surface area (Å²) in [5.41, 5.74) is 3.83. The number of rotatable bonds is 7. The smallest absolute Gasteiger partial charge is 0.220 e. The van der Waals surface area contributed by atoms with Gasteiger partial charge in [0.15, 0.2) is 0 Å². The van der Waals surface area contributed by atoms with E-state index in [1.807, 2.05) is 0 Å². The highest BCUT2D eigenvalue weighted by atomic mass is 16.5. The van der Waals surface area contributed by atoms with Gasteiger partial charge in [0.05, 0.1) is 18.9 Å². The van der Waals surface area contributed by atoms with E-state index in [4.69, 9.17) is 9.84 Å². The molecule has 1 aromatic heterocycles. The zero-order chi connectivity index (χ0) is 19.3. The molecule has 0 bridgehead atoms. The van der Waals surface area contributed by atoms with Gasteiger partial charge in [-0.05, 0) is 38.6 Å². The van der Waals surface area contributed by atoms with Crippen LogP contribution in [0.1, 0.15) is 75.2 Å². The van der Waals surface area contributed by atoms with Crippen LogP contribution in [0.4, 0.5) is 0 Å². The van der Waals surface area contributed by atoms with E-state index in [-0.39, 0.29) is 11.9 Å². The molecule has 1 aliphatic carbocycles. The van der Waals surface area contributed by atoms with Crippen LogP contribution in [-0.2, 0) is 35.6 Å². The number of piperidine rings is 1. The number of carbonyl (C=O) groups excluding carboxylic acids is 1. The van der Waals surface area contributed by atoms with E-state index < -0.39 is 0 Å². The van der Waals surface area contributed by atoms with Gasteiger partial charge in [-0.3, -0.25) is 14.4 Å². The Labute approximate surface area is 169 Å². The maximum atomic E-state index is 12.4. The summed E-state index contributed by atoms with van der Waals surface area (Å²) >= 11 is 0. The number of ether oxygens (including phenoxy) is 1. The summed E-state index contributed by atoms with van der Waals surface area (Å²) in [6.45, 7) is 7.46. The second-order valence-corrected chi connectivity index (χ2v) is 8.82. The van der Waals surface area contributed by atoms with E-state index in [1.165, 1.54) is 42.6 Å². The molecule has 0 aromatic carbocycles. The summed E-state index contributed by atoms with van der Waals surface area (Å²) in [7, 11) is 0. The third-order valence-electron chi connectivity index (χ3n) is 6.78. The number of amides is 1. The minimum Gasteiger partial charge on any atom is -0.376 e. The molecule has 1 aromatic rings. The Bertz CT molecular complexity index is 666. The highest BCUT2D eigenvalue weighted by Gasteiger charge is 2.26. The maximum Gasteiger partial charge on any atom is 0.220 e. The zero-order valence-electron chi connectivity index (χ0n) is 17.4. The Balaban J connectivity index is 1.29. The summed E-state index contributed by atoms with van der Waals surface area (Å²) in [6.07, 6.45) is 10.3. The number of hydrogen-bond acceptors (Lipinski definition) is 4. The van der Waals surface area contributed by atoms with Gasteiger partial charge in [-0.2, -0.15) is 5.10 Å². The van der Waals surface area contributed by atoms with Gasteiger partial charge in [0, 0.05) is 49.8 Å². The summed E-state index contributed by atoms with van der Waals surface area (Å²) in [5, 5.41) is 8.18. The molecule has 3 aliphatic rings. The number of nitrogens with one attached hydrogen (secondary N) is 1. The number of likely N-dealkylation sites (tertiary alicyclic amines) is 1. The monoisotopic (exact) mass is 388 g/mol. The predicted octanol–water partition coefficient (Wildman–Crippen LogP) is 3.03. The molecular weight excluding hydrogens is 352 g/mol. The van der Waals surface area contributed by atoms with Crippen molar-refractivity contribution >= 4 is 5.91 Å². The average Bonchev–Trinajstić information content (AvgIpc) is 3.35. The van der Waals surface area contributed by atoms with Crippen LogP contribution in [0.25, 0.3) is 0 Å². The molecule has 3 heterocycles. The van der Waals surface area contributed by atoms with Crippen LogP contribution in [0.15, 0.2) is 0 Å². The molecule has 28 heavy (non-hydrogen) atoms. The van der Waals surface area contributed by atoms with Crippen molar-refractivity contribution in [1.29, 1.82) is 0 Å². The Morgan fingerprint density at radius 3 is 2.93 bits per heavy atom. The Kier molecular flexibility index (Phi) is 6.68. The molecule has 6 nitrogen and oxygen atoms in total. The van der Waals surface area contributed by atoms with Crippen LogP contribution in [0.2, 0.25) is 0 Å². The van der Waals surface area contributed by atoms with Gasteiger partial charge < -0.3 is 10.1 Å². The van der Waals surface area contributed by atoms with E-state index in [1.54, 1.807) is 0 Å². The molecule has 6 heteroatoms. The molecule has 2 aliphatic heterocycles. The number of hydrogen-bond donors (Lipinski definition) is 1. The van der Waals surface area contributed by atoms with E-state index in [2.05, 4.69) is 21.8 Å². The predicted molar refractivity (Wildman–Crippen MR) is 109 cm³/mol. The molecule has 1 atom stereocenters. The molecule has 1 saturated carbocycles. The molecule has 4 rings (SSSR count). The Hall–Kier alpha value is -1.40. The fourth-order valence-corrected chi connectivity index (χ4v) is 5.23. The normalized spacial score (nSPS) is 23.7. The lowest BCUT2D eigenvalue weighted by Gasteiger charge is -2.33. The van der Waals surface area contributed by atoms with Crippen molar-refractivity contribution in [2.24, 2.45) is 5.92 Å². The number of aromatic nitrogens is 2. The fraction of sp³-hybridized carbons (Fsp3) is 0.818. The first-order valence-corrected chi connectivity index (χ1v) is 11.4. The van der Waals surface area contributed by atoms with Crippen molar-refractivity contribution in [2.75, 3.05) is 19.7 Å². The van der Waals surface area contributed by atoms with Gasteiger partial charge in [0.25, 0.3) is 0 Å². The molecule has 1 saturated heterocycles. The minimum absolute atomic E-state index is 0.250. The first-order chi connectivity index (χ1) is 13.7. The number of nitrogens with zero attached hydrogens (tertiary/aromatic N) is 3. The number of aryl methyl sites for hydroxylation is 1. The lowest BCUT2D eigenvalue weighted by Crippen LogP contribution is -2.47. The van der Waals surface area contributed by atoms with Crippen molar-refractivity contribution in [1.82, 2.24) is 20.0 Å². The van der Waals surface area contributed by atoms with E-state index >= 15 is 0 Å². The number of fused-ring (bicyclic) bond motifs is 1. The van der Waals surface area contributed by atoms with Crippen LogP contribution >= 0.6 is 0 Å². The van der Waals surface area contributed by atoms with Crippen LogP contribution in [-0.4, -0.2) is 46.3 Å². The molecule has 0 radical (unpaired) electrons. The molecule has 1 N–H and O–H groups in total. The van der Waals surface area contributed by atoms with Crippen LogP contribution in [0.5, 0.6) is 0 Å². The van der Waals surface area contributed by atoms with Gasteiger partial charge >= 0.3 is 0 Å².